The van der Waals surface area contributed by atoms with Crippen LogP contribution >= 0.6 is 0 Å². The van der Waals surface area contributed by atoms with Gasteiger partial charge in [-0.2, -0.15) is 0 Å². The number of benzene rings is 2. The summed E-state index contributed by atoms with van der Waals surface area (Å²) in [4.78, 5) is 42.5. The lowest BCUT2D eigenvalue weighted by atomic mass is 10.1. The summed E-state index contributed by atoms with van der Waals surface area (Å²) in [5.41, 5.74) is -1.79. The first-order valence-corrected chi connectivity index (χ1v) is 6.81. The van der Waals surface area contributed by atoms with Crippen molar-refractivity contribution in [2.75, 3.05) is 12.4 Å². The molecular formula is C14H10N4O8. The molecule has 1 N–H and O–H groups in total. The van der Waals surface area contributed by atoms with Crippen molar-refractivity contribution in [2.45, 2.75) is 0 Å². The van der Waals surface area contributed by atoms with Crippen LogP contribution in [0.3, 0.4) is 0 Å². The van der Waals surface area contributed by atoms with Gasteiger partial charge in [0.05, 0.1) is 27.6 Å². The monoisotopic (exact) mass is 362 g/mol. The summed E-state index contributed by atoms with van der Waals surface area (Å²) in [6.07, 6.45) is 0. The summed E-state index contributed by atoms with van der Waals surface area (Å²) in [6, 6.07) is 6.39. The van der Waals surface area contributed by atoms with Crippen molar-refractivity contribution in [3.8, 4) is 5.75 Å². The van der Waals surface area contributed by atoms with Crippen LogP contribution in [-0.2, 0) is 0 Å². The van der Waals surface area contributed by atoms with E-state index >= 15 is 0 Å². The molecule has 0 atom stereocenters. The lowest BCUT2D eigenvalue weighted by Gasteiger charge is -2.08. The van der Waals surface area contributed by atoms with Gasteiger partial charge in [-0.05, 0) is 12.1 Å². The summed E-state index contributed by atoms with van der Waals surface area (Å²) in [6.45, 7) is 0. The average molecular weight is 362 g/mol. The fourth-order valence-corrected chi connectivity index (χ4v) is 2.09. The predicted molar refractivity (Wildman–Crippen MR) is 87.4 cm³/mol. The third-order valence-corrected chi connectivity index (χ3v) is 3.25. The number of nitrogens with zero attached hydrogens (tertiary/aromatic N) is 3. The molecule has 1 amide bonds. The van der Waals surface area contributed by atoms with Gasteiger partial charge in [-0.1, -0.05) is 0 Å². The van der Waals surface area contributed by atoms with E-state index in [9.17, 15) is 35.1 Å². The molecule has 0 aromatic heterocycles. The number of ether oxygens (including phenoxy) is 1. The van der Waals surface area contributed by atoms with Crippen molar-refractivity contribution in [3.63, 3.8) is 0 Å². The fourth-order valence-electron chi connectivity index (χ4n) is 2.09. The summed E-state index contributed by atoms with van der Waals surface area (Å²) in [5, 5.41) is 35.1. The smallest absolute Gasteiger partial charge is 0.320 e. The summed E-state index contributed by atoms with van der Waals surface area (Å²) < 4.78 is 4.72. The Kier molecular flexibility index (Phi) is 5.06. The second-order valence-electron chi connectivity index (χ2n) is 4.82. The van der Waals surface area contributed by atoms with Gasteiger partial charge in [-0.25, -0.2) is 0 Å². The largest absolute Gasteiger partial charge is 0.485 e. The van der Waals surface area contributed by atoms with Crippen LogP contribution in [0.1, 0.15) is 10.4 Å². The van der Waals surface area contributed by atoms with Gasteiger partial charge < -0.3 is 10.1 Å². The highest BCUT2D eigenvalue weighted by Crippen LogP contribution is 2.39. The second-order valence-corrected chi connectivity index (χ2v) is 4.82. The third kappa shape index (κ3) is 3.69. The van der Waals surface area contributed by atoms with Gasteiger partial charge in [0.2, 0.25) is 0 Å². The number of carbonyl (C=O) groups is 1. The van der Waals surface area contributed by atoms with Gasteiger partial charge >= 0.3 is 11.4 Å². The number of hydrogen-bond donors (Lipinski definition) is 1. The van der Waals surface area contributed by atoms with Crippen LogP contribution < -0.4 is 10.1 Å². The van der Waals surface area contributed by atoms with Crippen LogP contribution in [0.15, 0.2) is 36.4 Å². The van der Waals surface area contributed by atoms with Gasteiger partial charge in [0.15, 0.2) is 0 Å². The molecule has 134 valence electrons. The minimum atomic E-state index is -0.882. The van der Waals surface area contributed by atoms with Gasteiger partial charge in [-0.3, -0.25) is 35.1 Å². The van der Waals surface area contributed by atoms with Crippen molar-refractivity contribution in [3.05, 3.63) is 72.3 Å². The Hall–Kier alpha value is -4.09. The van der Waals surface area contributed by atoms with E-state index in [1.54, 1.807) is 0 Å². The molecule has 0 radical (unpaired) electrons. The van der Waals surface area contributed by atoms with Crippen LogP contribution in [0.5, 0.6) is 5.75 Å². The van der Waals surface area contributed by atoms with Crippen LogP contribution in [0, 0.1) is 30.3 Å². The molecule has 0 aliphatic rings. The number of methoxy groups -OCH3 is 1. The SMILES string of the molecule is COc1c([N+](=O)[O-])cc(NC(=O)c2ccc([N+](=O)[O-])cc2)cc1[N+](=O)[O-]. The quantitative estimate of drug-likeness (QED) is 0.604. The standard InChI is InChI=1S/C14H10N4O8/c1-26-13-11(17(22)23)6-9(7-12(13)18(24)25)15-14(19)8-2-4-10(5-3-8)16(20)21/h2-7H,1H3,(H,15,19). The first kappa shape index (κ1) is 18.3. The number of amides is 1. The summed E-state index contributed by atoms with van der Waals surface area (Å²) in [5.74, 6) is -1.30. The minimum absolute atomic E-state index is 0.0247. The Labute approximate surface area is 144 Å². The van der Waals surface area contributed by atoms with E-state index in [0.29, 0.717) is 0 Å². The van der Waals surface area contributed by atoms with Crippen LogP contribution in [0.4, 0.5) is 22.7 Å². The van der Waals surface area contributed by atoms with Crippen molar-refractivity contribution in [2.24, 2.45) is 0 Å². The maximum Gasteiger partial charge on any atom is 0.320 e. The summed E-state index contributed by atoms with van der Waals surface area (Å²) >= 11 is 0. The topological polar surface area (TPSA) is 168 Å². The molecular weight excluding hydrogens is 352 g/mol. The molecule has 2 rings (SSSR count). The first-order chi connectivity index (χ1) is 12.2. The Morgan fingerprint density at radius 1 is 0.923 bits per heavy atom. The van der Waals surface area contributed by atoms with Gasteiger partial charge in [0.1, 0.15) is 0 Å². The zero-order valence-electron chi connectivity index (χ0n) is 13.1. The van der Waals surface area contributed by atoms with E-state index in [0.717, 1.165) is 31.4 Å². The van der Waals surface area contributed by atoms with Crippen molar-refractivity contribution >= 4 is 28.7 Å². The molecule has 12 heteroatoms. The average Bonchev–Trinajstić information content (AvgIpc) is 2.60. The van der Waals surface area contributed by atoms with Crippen molar-refractivity contribution in [1.82, 2.24) is 0 Å². The number of nitrogens with one attached hydrogen (secondary N) is 1. The first-order valence-electron chi connectivity index (χ1n) is 6.81. The van der Waals surface area contributed by atoms with Crippen molar-refractivity contribution < 1.29 is 24.3 Å². The number of carbonyl (C=O) groups excluding carboxylic acids is 1. The number of hydrogen-bond acceptors (Lipinski definition) is 8. The number of rotatable bonds is 6. The molecule has 2 aromatic rings. The Morgan fingerprint density at radius 2 is 1.42 bits per heavy atom. The van der Waals surface area contributed by atoms with Crippen LogP contribution in [0.25, 0.3) is 0 Å². The number of nitro groups is 3. The highest BCUT2D eigenvalue weighted by Gasteiger charge is 2.28. The molecule has 0 aliphatic carbocycles. The Morgan fingerprint density at radius 3 is 1.81 bits per heavy atom. The molecule has 12 nitrogen and oxygen atoms in total. The molecule has 0 heterocycles. The van der Waals surface area contributed by atoms with E-state index < -0.39 is 37.8 Å². The van der Waals surface area contributed by atoms with E-state index in [1.165, 1.54) is 12.1 Å². The summed E-state index contributed by atoms with van der Waals surface area (Å²) in [7, 11) is 1.05. The highest BCUT2D eigenvalue weighted by molar-refractivity contribution is 6.04. The fraction of sp³-hybridized carbons (Fsp3) is 0.0714. The van der Waals surface area contributed by atoms with E-state index in [2.05, 4.69) is 5.32 Å². The van der Waals surface area contributed by atoms with E-state index in [4.69, 9.17) is 4.74 Å². The number of anilines is 1. The maximum absolute atomic E-state index is 12.2. The second kappa shape index (κ2) is 7.21. The van der Waals surface area contributed by atoms with Crippen LogP contribution in [-0.4, -0.2) is 27.8 Å². The van der Waals surface area contributed by atoms with Crippen LogP contribution in [0.2, 0.25) is 0 Å². The predicted octanol–water partition coefficient (Wildman–Crippen LogP) is 2.67. The Balaban J connectivity index is 2.39. The zero-order chi connectivity index (χ0) is 19.4. The number of nitro benzene ring substituents is 3. The number of non-ortho nitro benzene ring substituents is 1. The molecule has 0 unspecified atom stereocenters. The van der Waals surface area contributed by atoms with Crippen molar-refractivity contribution in [1.29, 1.82) is 0 Å². The van der Waals surface area contributed by atoms with E-state index in [1.807, 2.05) is 0 Å². The molecule has 0 fully saturated rings. The maximum atomic E-state index is 12.2. The normalized spacial score (nSPS) is 10.0. The van der Waals surface area contributed by atoms with Gasteiger partial charge in [-0.15, -0.1) is 0 Å². The molecule has 0 bridgehead atoms. The minimum Gasteiger partial charge on any atom is -0.485 e. The third-order valence-electron chi connectivity index (χ3n) is 3.25. The molecule has 2 aromatic carbocycles. The molecule has 26 heavy (non-hydrogen) atoms. The van der Waals surface area contributed by atoms with E-state index in [-0.39, 0.29) is 16.9 Å². The molecule has 0 saturated carbocycles. The molecule has 0 spiro atoms. The molecule has 0 saturated heterocycles. The zero-order valence-corrected chi connectivity index (χ0v) is 13.1. The lowest BCUT2D eigenvalue weighted by Crippen LogP contribution is -2.12. The highest BCUT2D eigenvalue weighted by atomic mass is 16.6. The van der Waals surface area contributed by atoms with Gasteiger partial charge in [0.25, 0.3) is 17.3 Å². The lowest BCUT2D eigenvalue weighted by molar-refractivity contribution is -0.395. The molecule has 0 aliphatic heterocycles. The van der Waals surface area contributed by atoms with Gasteiger partial charge in [0, 0.05) is 29.8 Å². The Bertz CT molecular complexity index is 875.